The number of nitrogens with zero attached hydrogens (tertiary/aromatic N) is 1. The van der Waals surface area contributed by atoms with Crippen molar-refractivity contribution in [3.63, 3.8) is 0 Å². The molecule has 1 N–H and O–H groups in total. The number of carbonyl (C=O) groups is 1. The minimum Gasteiger partial charge on any atom is -0.310 e. The van der Waals surface area contributed by atoms with E-state index >= 15 is 0 Å². The van der Waals surface area contributed by atoms with Gasteiger partial charge >= 0.3 is 7.60 Å². The second-order valence-corrected chi connectivity index (χ2v) is 7.70. The van der Waals surface area contributed by atoms with Gasteiger partial charge in [0.05, 0.1) is 19.4 Å². The lowest BCUT2D eigenvalue weighted by molar-refractivity contribution is -0.116. The number of rotatable bonds is 10. The highest BCUT2D eigenvalue weighted by Crippen LogP contribution is 2.51. The monoisotopic (exact) mass is 376 g/mol. The van der Waals surface area contributed by atoms with Crippen molar-refractivity contribution in [3.8, 4) is 0 Å². The predicted octanol–water partition coefficient (Wildman–Crippen LogP) is 4.42. The molecule has 1 aromatic heterocycles. The molecule has 6 nitrogen and oxygen atoms in total. The van der Waals surface area contributed by atoms with E-state index < -0.39 is 7.60 Å². The van der Waals surface area contributed by atoms with Crippen LogP contribution >= 0.6 is 7.60 Å². The smallest absolute Gasteiger partial charge is 0.310 e. The molecule has 0 saturated carbocycles. The summed E-state index contributed by atoms with van der Waals surface area (Å²) >= 11 is 0. The van der Waals surface area contributed by atoms with Gasteiger partial charge in [-0.25, -0.2) is 4.98 Å². The van der Waals surface area contributed by atoms with Crippen molar-refractivity contribution >= 4 is 19.3 Å². The Kier molecular flexibility index (Phi) is 7.98. The fourth-order valence-corrected chi connectivity index (χ4v) is 4.22. The number of hydrogen-bond acceptors (Lipinski definition) is 5. The molecule has 7 heteroatoms. The number of amides is 1. The maximum Gasteiger partial charge on any atom is 0.335 e. The summed E-state index contributed by atoms with van der Waals surface area (Å²) in [6.07, 6.45) is 2.64. The van der Waals surface area contributed by atoms with Crippen LogP contribution in [0.3, 0.4) is 0 Å². The molecule has 0 atom stereocenters. The minimum absolute atomic E-state index is 0.0663. The average molecular weight is 376 g/mol. The summed E-state index contributed by atoms with van der Waals surface area (Å²) in [7, 11) is -3.27. The highest BCUT2D eigenvalue weighted by Gasteiger charge is 2.26. The van der Waals surface area contributed by atoms with Crippen molar-refractivity contribution in [2.24, 2.45) is 0 Å². The summed E-state index contributed by atoms with van der Waals surface area (Å²) in [5.74, 6) is 0.252. The van der Waals surface area contributed by atoms with Gasteiger partial charge in [0.2, 0.25) is 5.91 Å². The van der Waals surface area contributed by atoms with Gasteiger partial charge in [-0.15, -0.1) is 0 Å². The van der Waals surface area contributed by atoms with Gasteiger partial charge in [-0.05, 0) is 31.9 Å². The Bertz CT molecular complexity index is 742. The molecule has 0 spiro atoms. The maximum atomic E-state index is 12.7. The molecule has 0 unspecified atom stereocenters. The number of pyridine rings is 1. The highest BCUT2D eigenvalue weighted by atomic mass is 31.2. The van der Waals surface area contributed by atoms with Crippen LogP contribution in [0.5, 0.6) is 0 Å². The van der Waals surface area contributed by atoms with Crippen molar-refractivity contribution in [2.75, 3.05) is 18.5 Å². The predicted molar refractivity (Wildman–Crippen MR) is 102 cm³/mol. The normalized spacial score (nSPS) is 11.3. The van der Waals surface area contributed by atoms with Gasteiger partial charge < -0.3 is 14.4 Å². The van der Waals surface area contributed by atoms with Crippen molar-refractivity contribution in [1.29, 1.82) is 0 Å². The Morgan fingerprint density at radius 1 is 1.08 bits per heavy atom. The zero-order valence-electron chi connectivity index (χ0n) is 15.2. The van der Waals surface area contributed by atoms with Crippen LogP contribution < -0.4 is 5.32 Å². The van der Waals surface area contributed by atoms with Crippen LogP contribution in [0.1, 0.15) is 31.4 Å². The fourth-order valence-electron chi connectivity index (χ4n) is 2.51. The zero-order valence-corrected chi connectivity index (χ0v) is 16.1. The summed E-state index contributed by atoms with van der Waals surface area (Å²) in [4.78, 5) is 16.5. The second-order valence-electron chi connectivity index (χ2n) is 5.65. The molecule has 0 aliphatic carbocycles. The van der Waals surface area contributed by atoms with E-state index in [9.17, 15) is 9.36 Å². The van der Waals surface area contributed by atoms with Crippen molar-refractivity contribution < 1.29 is 18.4 Å². The molecule has 0 fully saturated rings. The van der Waals surface area contributed by atoms with E-state index in [0.29, 0.717) is 24.2 Å². The van der Waals surface area contributed by atoms with Gasteiger partial charge in [0.1, 0.15) is 5.82 Å². The third kappa shape index (κ3) is 6.37. The average Bonchev–Trinajstić information content (AvgIpc) is 2.63. The molecule has 1 heterocycles. The Labute approximate surface area is 154 Å². The molecule has 0 saturated heterocycles. The van der Waals surface area contributed by atoms with Crippen LogP contribution in [0.15, 0.2) is 48.7 Å². The van der Waals surface area contributed by atoms with E-state index in [4.69, 9.17) is 9.05 Å². The van der Waals surface area contributed by atoms with E-state index in [-0.39, 0.29) is 25.3 Å². The quantitative estimate of drug-likeness (QED) is 0.621. The molecule has 0 aliphatic rings. The van der Waals surface area contributed by atoms with Crippen molar-refractivity contribution in [2.45, 2.75) is 32.9 Å². The van der Waals surface area contributed by atoms with Gasteiger partial charge in [0, 0.05) is 18.2 Å². The first-order valence-electron chi connectivity index (χ1n) is 8.72. The minimum atomic E-state index is -3.27. The molecule has 1 aromatic carbocycles. The van der Waals surface area contributed by atoms with E-state index in [0.717, 1.165) is 5.56 Å². The van der Waals surface area contributed by atoms with E-state index in [1.807, 2.05) is 30.3 Å². The summed E-state index contributed by atoms with van der Waals surface area (Å²) in [5.41, 5.74) is 1.73. The fraction of sp³-hybridized carbons (Fsp3) is 0.368. The molecule has 26 heavy (non-hydrogen) atoms. The summed E-state index contributed by atoms with van der Waals surface area (Å²) in [6.45, 7) is 4.11. The van der Waals surface area contributed by atoms with Gasteiger partial charge in [-0.2, -0.15) is 0 Å². The first kappa shape index (κ1) is 20.3. The Morgan fingerprint density at radius 2 is 1.77 bits per heavy atom. The van der Waals surface area contributed by atoms with Crippen molar-refractivity contribution in [1.82, 2.24) is 4.98 Å². The Balaban J connectivity index is 2.03. The van der Waals surface area contributed by atoms with Gasteiger partial charge in [0.15, 0.2) is 0 Å². The molecule has 1 amide bonds. The number of nitrogens with one attached hydrogen (secondary N) is 1. The first-order chi connectivity index (χ1) is 12.6. The molecule has 0 bridgehead atoms. The molecule has 140 valence electrons. The van der Waals surface area contributed by atoms with Crippen molar-refractivity contribution in [3.05, 3.63) is 59.8 Å². The largest absolute Gasteiger partial charge is 0.335 e. The third-order valence-corrected chi connectivity index (χ3v) is 5.68. The number of aromatic nitrogens is 1. The van der Waals surface area contributed by atoms with Crippen LogP contribution in [-0.2, 0) is 31.0 Å². The summed E-state index contributed by atoms with van der Waals surface area (Å²) in [5, 5.41) is 2.81. The molecule has 2 aromatic rings. The number of aryl methyl sites for hydroxylation is 1. The van der Waals surface area contributed by atoms with Crippen LogP contribution in [0.25, 0.3) is 0 Å². The van der Waals surface area contributed by atoms with Crippen LogP contribution in [0.4, 0.5) is 5.82 Å². The number of hydrogen-bond donors (Lipinski definition) is 1. The Morgan fingerprint density at radius 3 is 2.42 bits per heavy atom. The molecule has 0 aliphatic heterocycles. The van der Waals surface area contributed by atoms with E-state index in [1.165, 1.54) is 0 Å². The summed E-state index contributed by atoms with van der Waals surface area (Å²) < 4.78 is 23.4. The Hall–Kier alpha value is -2.01. The molecule has 0 radical (unpaired) electrons. The number of anilines is 1. The van der Waals surface area contributed by atoms with Gasteiger partial charge in [0.25, 0.3) is 0 Å². The second kappa shape index (κ2) is 10.2. The topological polar surface area (TPSA) is 77.5 Å². The highest BCUT2D eigenvalue weighted by molar-refractivity contribution is 7.53. The van der Waals surface area contributed by atoms with Crippen LogP contribution in [0.2, 0.25) is 0 Å². The number of carbonyl (C=O) groups excluding carboxylic acids is 1. The molecular formula is C19H25N2O4P. The number of benzene rings is 1. The van der Waals surface area contributed by atoms with E-state index in [2.05, 4.69) is 10.3 Å². The first-order valence-corrected chi connectivity index (χ1v) is 10.4. The lowest BCUT2D eigenvalue weighted by atomic mass is 10.1. The SMILES string of the molecule is CCOP(=O)(Cc1cccnc1NC(=O)CCc1ccccc1)OCC. The van der Waals surface area contributed by atoms with Crippen LogP contribution in [-0.4, -0.2) is 24.1 Å². The molecular weight excluding hydrogens is 351 g/mol. The molecule has 2 rings (SSSR count). The lowest BCUT2D eigenvalue weighted by Gasteiger charge is -2.18. The van der Waals surface area contributed by atoms with E-state index in [1.54, 1.807) is 32.2 Å². The third-order valence-electron chi connectivity index (χ3n) is 3.65. The maximum absolute atomic E-state index is 12.7. The zero-order chi connectivity index (χ0) is 18.8. The van der Waals surface area contributed by atoms with Gasteiger partial charge in [-0.3, -0.25) is 9.36 Å². The van der Waals surface area contributed by atoms with Crippen LogP contribution in [0, 0.1) is 0 Å². The lowest BCUT2D eigenvalue weighted by Crippen LogP contribution is -2.15. The summed E-state index contributed by atoms with van der Waals surface area (Å²) in [6, 6.07) is 13.3. The van der Waals surface area contributed by atoms with Gasteiger partial charge in [-0.1, -0.05) is 36.4 Å². The standard InChI is InChI=1S/C19H25N2O4P/c1-3-24-26(23,25-4-2)15-17-11-8-14-20-19(17)21-18(22)13-12-16-9-6-5-7-10-16/h5-11,14H,3-4,12-13,15H2,1-2H3,(H,20,21,22).